The molecular formula is C6H10N2O. The van der Waals surface area contributed by atoms with Crippen LogP contribution in [-0.4, -0.2) is 17.9 Å². The van der Waals surface area contributed by atoms with Crippen LogP contribution in [-0.2, 0) is 4.79 Å². The van der Waals surface area contributed by atoms with Crippen LogP contribution in [0.2, 0.25) is 0 Å². The summed E-state index contributed by atoms with van der Waals surface area (Å²) in [6, 6.07) is 0. The third kappa shape index (κ3) is 2.54. The minimum atomic E-state index is -0.170. The molecule has 0 heterocycles. The van der Waals surface area contributed by atoms with Gasteiger partial charge in [0.2, 0.25) is 5.91 Å². The second kappa shape index (κ2) is 3.72. The molecule has 0 unspecified atom stereocenters. The second-order valence-electron chi connectivity index (χ2n) is 1.49. The number of nitrogens with two attached hydrogens (primary N) is 1. The van der Waals surface area contributed by atoms with E-state index in [1.807, 2.05) is 0 Å². The highest BCUT2D eigenvalue weighted by molar-refractivity contribution is 5.87. The van der Waals surface area contributed by atoms with Crippen molar-refractivity contribution in [2.24, 2.45) is 5.73 Å². The fourth-order valence-electron chi connectivity index (χ4n) is 0.347. The number of likely N-dealkylation sites (N-methyl/N-ethyl adjacent to an activating group) is 1. The van der Waals surface area contributed by atoms with E-state index in [0.717, 1.165) is 0 Å². The summed E-state index contributed by atoms with van der Waals surface area (Å²) >= 11 is 0. The van der Waals surface area contributed by atoms with Gasteiger partial charge in [-0.25, -0.2) is 0 Å². The smallest absolute Gasteiger partial charge is 0.249 e. The molecular weight excluding hydrogens is 116 g/mol. The lowest BCUT2D eigenvalue weighted by Crippen LogP contribution is -2.18. The first kappa shape index (κ1) is 7.75. The molecule has 0 aromatic carbocycles. The van der Waals surface area contributed by atoms with E-state index in [2.05, 4.69) is 6.58 Å². The molecule has 9 heavy (non-hydrogen) atoms. The van der Waals surface area contributed by atoms with Crippen molar-refractivity contribution in [1.29, 1.82) is 0 Å². The summed E-state index contributed by atoms with van der Waals surface area (Å²) in [4.78, 5) is 11.9. The van der Waals surface area contributed by atoms with E-state index in [4.69, 9.17) is 5.73 Å². The highest BCUT2D eigenvalue weighted by atomic mass is 16.2. The Morgan fingerprint density at radius 3 is 2.67 bits per heavy atom. The minimum Gasteiger partial charge on any atom is -0.403 e. The third-order valence-electron chi connectivity index (χ3n) is 0.832. The quantitative estimate of drug-likeness (QED) is 0.532. The molecule has 3 heteroatoms. The highest BCUT2D eigenvalue weighted by Crippen LogP contribution is 1.83. The minimum absolute atomic E-state index is 0.170. The topological polar surface area (TPSA) is 46.3 Å². The van der Waals surface area contributed by atoms with Gasteiger partial charge in [0.25, 0.3) is 0 Å². The van der Waals surface area contributed by atoms with Gasteiger partial charge in [0.1, 0.15) is 0 Å². The van der Waals surface area contributed by atoms with E-state index in [0.29, 0.717) is 0 Å². The zero-order valence-corrected chi connectivity index (χ0v) is 5.37. The zero-order chi connectivity index (χ0) is 7.28. The maximum Gasteiger partial charge on any atom is 0.249 e. The molecule has 0 atom stereocenters. The van der Waals surface area contributed by atoms with Crippen LogP contribution < -0.4 is 5.73 Å². The number of nitrogens with zero attached hydrogens (tertiary/aromatic N) is 1. The summed E-state index contributed by atoms with van der Waals surface area (Å²) in [5, 5.41) is 0. The molecule has 0 fully saturated rings. The van der Waals surface area contributed by atoms with Gasteiger partial charge in [-0.2, -0.15) is 0 Å². The Morgan fingerprint density at radius 1 is 1.78 bits per heavy atom. The zero-order valence-electron chi connectivity index (χ0n) is 5.37. The standard InChI is InChI=1S/C6H10N2O/c1-3-6(9)8(2)5-4-7/h3-5H,1,7H2,2H3/b5-4-. The van der Waals surface area contributed by atoms with Crippen molar-refractivity contribution >= 4 is 5.91 Å². The normalized spacial score (nSPS) is 9.44. The van der Waals surface area contributed by atoms with Crippen molar-refractivity contribution in [2.45, 2.75) is 0 Å². The lowest BCUT2D eigenvalue weighted by Gasteiger charge is -2.06. The van der Waals surface area contributed by atoms with Crippen LogP contribution in [0.15, 0.2) is 25.1 Å². The van der Waals surface area contributed by atoms with E-state index in [-0.39, 0.29) is 5.91 Å². The number of carbonyl (C=O) groups excluding carboxylic acids is 1. The number of hydrogen-bond acceptors (Lipinski definition) is 2. The summed E-state index contributed by atoms with van der Waals surface area (Å²) in [5.74, 6) is -0.170. The Labute approximate surface area is 54.4 Å². The Hall–Kier alpha value is -1.25. The lowest BCUT2D eigenvalue weighted by atomic mass is 10.5. The Kier molecular flexibility index (Phi) is 3.20. The molecule has 0 aliphatic heterocycles. The third-order valence-corrected chi connectivity index (χ3v) is 0.832. The Bertz CT molecular complexity index is 140. The van der Waals surface area contributed by atoms with Crippen LogP contribution in [0.5, 0.6) is 0 Å². The molecule has 0 aromatic rings. The van der Waals surface area contributed by atoms with Crippen molar-refractivity contribution < 1.29 is 4.79 Å². The number of hydrogen-bond donors (Lipinski definition) is 1. The summed E-state index contributed by atoms with van der Waals surface area (Å²) < 4.78 is 0. The molecule has 0 rings (SSSR count). The van der Waals surface area contributed by atoms with E-state index in [1.165, 1.54) is 23.4 Å². The molecule has 0 spiro atoms. The van der Waals surface area contributed by atoms with Crippen molar-refractivity contribution in [3.8, 4) is 0 Å². The molecule has 2 N–H and O–H groups in total. The molecule has 0 aliphatic carbocycles. The van der Waals surface area contributed by atoms with Gasteiger partial charge in [0.05, 0.1) is 0 Å². The molecule has 0 aromatic heterocycles. The van der Waals surface area contributed by atoms with Crippen LogP contribution in [0, 0.1) is 0 Å². The van der Waals surface area contributed by atoms with Crippen LogP contribution in [0.3, 0.4) is 0 Å². The van der Waals surface area contributed by atoms with Gasteiger partial charge < -0.3 is 10.6 Å². The molecule has 1 amide bonds. The molecule has 0 bridgehead atoms. The Morgan fingerprint density at radius 2 is 2.33 bits per heavy atom. The first-order valence-electron chi connectivity index (χ1n) is 2.50. The first-order valence-corrected chi connectivity index (χ1v) is 2.50. The highest BCUT2D eigenvalue weighted by Gasteiger charge is 1.95. The lowest BCUT2D eigenvalue weighted by molar-refractivity contribution is -0.122. The molecule has 3 nitrogen and oxygen atoms in total. The maximum absolute atomic E-state index is 10.6. The van der Waals surface area contributed by atoms with Crippen LogP contribution in [0.25, 0.3) is 0 Å². The average molecular weight is 126 g/mol. The molecule has 50 valence electrons. The summed E-state index contributed by atoms with van der Waals surface area (Å²) in [6.45, 7) is 3.30. The van der Waals surface area contributed by atoms with Crippen molar-refractivity contribution in [1.82, 2.24) is 4.90 Å². The predicted molar refractivity (Wildman–Crippen MR) is 36.3 cm³/mol. The monoisotopic (exact) mass is 126 g/mol. The van der Waals surface area contributed by atoms with Gasteiger partial charge in [0.15, 0.2) is 0 Å². The van der Waals surface area contributed by atoms with Gasteiger partial charge in [-0.15, -0.1) is 0 Å². The number of carbonyl (C=O) groups is 1. The SMILES string of the molecule is C=CC(=O)N(C)/C=C\N. The number of amides is 1. The average Bonchev–Trinajstić information content (AvgIpc) is 1.87. The van der Waals surface area contributed by atoms with Gasteiger partial charge in [-0.3, -0.25) is 4.79 Å². The summed E-state index contributed by atoms with van der Waals surface area (Å²) in [6.07, 6.45) is 3.98. The first-order chi connectivity index (χ1) is 4.22. The molecule has 0 saturated heterocycles. The fraction of sp³-hybridized carbons (Fsp3) is 0.167. The van der Waals surface area contributed by atoms with E-state index in [1.54, 1.807) is 7.05 Å². The Balaban J connectivity index is 3.87. The fourth-order valence-corrected chi connectivity index (χ4v) is 0.347. The van der Waals surface area contributed by atoms with Crippen LogP contribution in [0.4, 0.5) is 0 Å². The van der Waals surface area contributed by atoms with Gasteiger partial charge in [-0.1, -0.05) is 6.58 Å². The van der Waals surface area contributed by atoms with E-state index in [9.17, 15) is 4.79 Å². The van der Waals surface area contributed by atoms with E-state index >= 15 is 0 Å². The van der Waals surface area contributed by atoms with Crippen molar-refractivity contribution in [3.05, 3.63) is 25.1 Å². The summed E-state index contributed by atoms with van der Waals surface area (Å²) in [5.41, 5.74) is 5.01. The molecule has 0 aliphatic rings. The van der Waals surface area contributed by atoms with E-state index < -0.39 is 0 Å². The van der Waals surface area contributed by atoms with Crippen LogP contribution in [0.1, 0.15) is 0 Å². The van der Waals surface area contributed by atoms with Gasteiger partial charge in [-0.05, 0) is 6.08 Å². The molecule has 0 radical (unpaired) electrons. The summed E-state index contributed by atoms with van der Waals surface area (Å²) in [7, 11) is 1.60. The molecule has 0 saturated carbocycles. The van der Waals surface area contributed by atoms with Crippen molar-refractivity contribution in [2.75, 3.05) is 7.05 Å². The predicted octanol–water partition coefficient (Wildman–Crippen LogP) is 0.0607. The number of rotatable bonds is 2. The van der Waals surface area contributed by atoms with Crippen molar-refractivity contribution in [3.63, 3.8) is 0 Å². The van der Waals surface area contributed by atoms with Gasteiger partial charge >= 0.3 is 0 Å². The van der Waals surface area contributed by atoms with Gasteiger partial charge in [0, 0.05) is 19.4 Å². The second-order valence-corrected chi connectivity index (χ2v) is 1.49. The maximum atomic E-state index is 10.6. The largest absolute Gasteiger partial charge is 0.403 e. The van der Waals surface area contributed by atoms with Crippen LogP contribution >= 0.6 is 0 Å².